The average molecular weight is 263 g/mol. The predicted octanol–water partition coefficient (Wildman–Crippen LogP) is 0.0560. The van der Waals surface area contributed by atoms with E-state index in [1.807, 2.05) is 0 Å². The van der Waals surface area contributed by atoms with Gasteiger partial charge in [-0.2, -0.15) is 0 Å². The molecule has 6 heteroatoms. The van der Waals surface area contributed by atoms with Crippen molar-refractivity contribution in [1.82, 2.24) is 9.13 Å². The topological polar surface area (TPSA) is 79.2 Å². The third kappa shape index (κ3) is 2.15. The number of benzene rings is 1. The summed E-state index contributed by atoms with van der Waals surface area (Å²) in [5.74, 6) is 0.502. The van der Waals surface area contributed by atoms with Gasteiger partial charge in [0.1, 0.15) is 11.3 Å². The lowest BCUT2D eigenvalue weighted by molar-refractivity contribution is 0.416. The number of hydrogen-bond donors (Lipinski definition) is 1. The number of nitrogens with two attached hydrogens (primary N) is 1. The molecule has 1 aromatic carbocycles. The Morgan fingerprint density at radius 3 is 2.63 bits per heavy atom. The first-order chi connectivity index (χ1) is 8.97. The summed E-state index contributed by atoms with van der Waals surface area (Å²) in [6, 6.07) is 4.85. The first kappa shape index (κ1) is 13.4. The number of fused-ring (bicyclic) bond motifs is 1. The van der Waals surface area contributed by atoms with Crippen LogP contribution in [0.4, 0.5) is 0 Å². The number of nitrogens with zero attached hydrogens (tertiary/aromatic N) is 2. The minimum absolute atomic E-state index is 0.193. The Labute approximate surface area is 110 Å². The van der Waals surface area contributed by atoms with Crippen LogP contribution in [0.2, 0.25) is 0 Å². The highest BCUT2D eigenvalue weighted by molar-refractivity contribution is 5.84. The summed E-state index contributed by atoms with van der Waals surface area (Å²) in [4.78, 5) is 24.6. The highest BCUT2D eigenvalue weighted by atomic mass is 16.5. The zero-order chi connectivity index (χ0) is 14.2. The van der Waals surface area contributed by atoms with Gasteiger partial charge in [-0.15, -0.1) is 0 Å². The van der Waals surface area contributed by atoms with Gasteiger partial charge in [0.05, 0.1) is 12.5 Å². The molecule has 2 rings (SSSR count). The summed E-state index contributed by atoms with van der Waals surface area (Å²) in [5.41, 5.74) is 5.45. The molecule has 0 aliphatic carbocycles. The van der Waals surface area contributed by atoms with E-state index in [4.69, 9.17) is 10.5 Å². The first-order valence-corrected chi connectivity index (χ1v) is 5.99. The number of hydrogen-bond acceptors (Lipinski definition) is 4. The highest BCUT2D eigenvalue weighted by Crippen LogP contribution is 2.20. The fourth-order valence-electron chi connectivity index (χ4n) is 2.16. The van der Waals surface area contributed by atoms with Gasteiger partial charge in [0, 0.05) is 19.6 Å². The van der Waals surface area contributed by atoms with Crippen LogP contribution >= 0.6 is 0 Å². The molecule has 0 radical (unpaired) electrons. The second-order valence-electron chi connectivity index (χ2n) is 4.59. The van der Waals surface area contributed by atoms with Crippen molar-refractivity contribution in [2.24, 2.45) is 12.8 Å². The predicted molar refractivity (Wildman–Crippen MR) is 73.7 cm³/mol. The van der Waals surface area contributed by atoms with E-state index in [0.717, 1.165) is 4.57 Å². The Morgan fingerprint density at radius 1 is 1.37 bits per heavy atom. The van der Waals surface area contributed by atoms with Crippen molar-refractivity contribution in [1.29, 1.82) is 0 Å². The average Bonchev–Trinajstić information content (AvgIpc) is 2.40. The van der Waals surface area contributed by atoms with Crippen LogP contribution in [0.15, 0.2) is 27.8 Å². The van der Waals surface area contributed by atoms with Gasteiger partial charge >= 0.3 is 5.69 Å². The minimum atomic E-state index is -0.390. The highest BCUT2D eigenvalue weighted by Gasteiger charge is 2.14. The van der Waals surface area contributed by atoms with Crippen molar-refractivity contribution >= 4 is 10.9 Å². The van der Waals surface area contributed by atoms with E-state index in [1.54, 1.807) is 32.2 Å². The summed E-state index contributed by atoms with van der Waals surface area (Å²) < 4.78 is 7.78. The quantitative estimate of drug-likeness (QED) is 0.849. The molecular weight excluding hydrogens is 246 g/mol. The second-order valence-corrected chi connectivity index (χ2v) is 4.59. The molecule has 1 atom stereocenters. The van der Waals surface area contributed by atoms with Crippen LogP contribution in [0, 0.1) is 0 Å². The molecule has 0 aliphatic rings. The van der Waals surface area contributed by atoms with Gasteiger partial charge in [0.15, 0.2) is 0 Å². The van der Waals surface area contributed by atoms with Gasteiger partial charge in [0.25, 0.3) is 5.56 Å². The third-order valence-electron chi connectivity index (χ3n) is 3.02. The van der Waals surface area contributed by atoms with Crippen LogP contribution in [0.1, 0.15) is 6.92 Å². The van der Waals surface area contributed by atoms with Crippen LogP contribution in [0.25, 0.3) is 10.9 Å². The number of ether oxygens (including phenoxy) is 1. The van der Waals surface area contributed by atoms with E-state index < -0.39 is 0 Å². The van der Waals surface area contributed by atoms with E-state index in [9.17, 15) is 9.59 Å². The fourth-order valence-corrected chi connectivity index (χ4v) is 2.16. The van der Waals surface area contributed by atoms with Crippen molar-refractivity contribution in [3.63, 3.8) is 0 Å². The molecule has 0 saturated heterocycles. The third-order valence-corrected chi connectivity index (χ3v) is 3.02. The van der Waals surface area contributed by atoms with Gasteiger partial charge in [-0.25, -0.2) is 4.79 Å². The lowest BCUT2D eigenvalue weighted by Gasteiger charge is -2.14. The summed E-state index contributed by atoms with van der Waals surface area (Å²) in [6.07, 6.45) is 0. The van der Waals surface area contributed by atoms with Crippen LogP contribution in [-0.2, 0) is 13.6 Å². The molecule has 1 heterocycles. The Bertz CT molecular complexity index is 728. The molecule has 0 aliphatic heterocycles. The zero-order valence-corrected chi connectivity index (χ0v) is 11.2. The number of para-hydroxylation sites is 1. The van der Waals surface area contributed by atoms with Gasteiger partial charge in [-0.1, -0.05) is 6.07 Å². The molecule has 1 aromatic heterocycles. The van der Waals surface area contributed by atoms with Crippen LogP contribution in [0.3, 0.4) is 0 Å². The van der Waals surface area contributed by atoms with Gasteiger partial charge in [-0.3, -0.25) is 13.9 Å². The molecule has 6 nitrogen and oxygen atoms in total. The number of methoxy groups -OCH3 is 1. The van der Waals surface area contributed by atoms with E-state index in [1.165, 1.54) is 11.7 Å². The number of rotatable bonds is 3. The van der Waals surface area contributed by atoms with E-state index in [0.29, 0.717) is 16.7 Å². The summed E-state index contributed by atoms with van der Waals surface area (Å²) >= 11 is 0. The van der Waals surface area contributed by atoms with E-state index in [-0.39, 0.29) is 23.8 Å². The van der Waals surface area contributed by atoms with Crippen LogP contribution < -0.4 is 21.7 Å². The van der Waals surface area contributed by atoms with Gasteiger partial charge < -0.3 is 10.5 Å². The molecule has 0 spiro atoms. The summed E-state index contributed by atoms with van der Waals surface area (Å²) in [6.45, 7) is 1.94. The molecule has 1 unspecified atom stereocenters. The Balaban J connectivity index is 2.92. The minimum Gasteiger partial charge on any atom is -0.495 e. The van der Waals surface area contributed by atoms with E-state index >= 15 is 0 Å². The van der Waals surface area contributed by atoms with Crippen molar-refractivity contribution in [3.05, 3.63) is 39.0 Å². The molecule has 2 N–H and O–H groups in total. The molecule has 0 bridgehead atoms. The van der Waals surface area contributed by atoms with E-state index in [2.05, 4.69) is 0 Å². The Hall–Kier alpha value is -2.08. The van der Waals surface area contributed by atoms with Crippen molar-refractivity contribution < 1.29 is 4.74 Å². The smallest absolute Gasteiger partial charge is 0.331 e. The van der Waals surface area contributed by atoms with Crippen LogP contribution in [0.5, 0.6) is 5.75 Å². The van der Waals surface area contributed by atoms with Crippen molar-refractivity contribution in [2.75, 3.05) is 7.11 Å². The Morgan fingerprint density at radius 2 is 2.05 bits per heavy atom. The molecule has 0 saturated carbocycles. The van der Waals surface area contributed by atoms with Gasteiger partial charge in [-0.05, 0) is 19.1 Å². The number of aryl methyl sites for hydroxylation is 1. The van der Waals surface area contributed by atoms with Gasteiger partial charge in [0.2, 0.25) is 0 Å². The molecular formula is C13H17N3O3. The molecule has 102 valence electrons. The molecule has 0 fully saturated rings. The standard InChI is InChI=1S/C13H17N3O3/c1-8(14)7-16-12(17)9-5-4-6-10(19-3)11(9)15(2)13(16)18/h4-6,8H,7,14H2,1-3H3. The molecule has 0 amide bonds. The summed E-state index contributed by atoms with van der Waals surface area (Å²) in [7, 11) is 3.12. The number of aromatic nitrogens is 2. The molecule has 19 heavy (non-hydrogen) atoms. The molecule has 2 aromatic rings. The first-order valence-electron chi connectivity index (χ1n) is 5.99. The lowest BCUT2D eigenvalue weighted by Crippen LogP contribution is -2.42. The monoisotopic (exact) mass is 263 g/mol. The Kier molecular flexibility index (Phi) is 3.44. The zero-order valence-electron chi connectivity index (χ0n) is 11.2. The van der Waals surface area contributed by atoms with Crippen molar-refractivity contribution in [3.8, 4) is 5.75 Å². The SMILES string of the molecule is COc1cccc2c(=O)n(CC(C)N)c(=O)n(C)c12. The maximum absolute atomic E-state index is 12.3. The maximum atomic E-state index is 12.3. The normalized spacial score (nSPS) is 12.6. The fraction of sp³-hybridized carbons (Fsp3) is 0.385. The largest absolute Gasteiger partial charge is 0.495 e. The van der Waals surface area contributed by atoms with Crippen LogP contribution in [-0.4, -0.2) is 22.3 Å². The van der Waals surface area contributed by atoms with Crippen molar-refractivity contribution in [2.45, 2.75) is 19.5 Å². The maximum Gasteiger partial charge on any atom is 0.331 e. The lowest BCUT2D eigenvalue weighted by atomic mass is 10.2. The summed E-state index contributed by atoms with van der Waals surface area (Å²) in [5, 5.41) is 0.446. The second kappa shape index (κ2) is 4.89.